The highest BCUT2D eigenvalue weighted by atomic mass is 35.5. The van der Waals surface area contributed by atoms with Gasteiger partial charge in [-0.2, -0.15) is 0 Å². The van der Waals surface area contributed by atoms with Gasteiger partial charge in [-0.1, -0.05) is 23.4 Å². The number of hydrogen-bond donors (Lipinski definition) is 2. The number of nitrogens with zero attached hydrogens (tertiary/aromatic N) is 2. The molecule has 0 unspecified atom stereocenters. The van der Waals surface area contributed by atoms with Crippen molar-refractivity contribution in [2.75, 3.05) is 5.32 Å². The van der Waals surface area contributed by atoms with E-state index in [0.717, 1.165) is 12.1 Å². The average Bonchev–Trinajstić information content (AvgIpc) is 3.19. The number of pyridine rings is 1. The molecule has 11 heteroatoms. The zero-order valence-electron chi connectivity index (χ0n) is 14.7. The van der Waals surface area contributed by atoms with Crippen molar-refractivity contribution in [1.29, 1.82) is 0 Å². The molecule has 1 aliphatic heterocycles. The Morgan fingerprint density at radius 2 is 2.03 bits per heavy atom. The van der Waals surface area contributed by atoms with Crippen molar-refractivity contribution in [3.63, 3.8) is 0 Å². The second kappa shape index (κ2) is 6.60. The molecule has 2 heterocycles. The van der Waals surface area contributed by atoms with Gasteiger partial charge in [0.15, 0.2) is 16.8 Å². The summed E-state index contributed by atoms with van der Waals surface area (Å²) in [5.74, 6) is -7.80. The fraction of sp³-hybridized carbons (Fsp3) is 0.278. The third-order valence-electron chi connectivity index (χ3n) is 4.97. The molecule has 1 aromatic heterocycles. The number of amidine groups is 1. The van der Waals surface area contributed by atoms with E-state index in [4.69, 9.17) is 17.3 Å². The highest BCUT2D eigenvalue weighted by molar-refractivity contribution is 8.14. The number of rotatable bonds is 3. The zero-order valence-corrected chi connectivity index (χ0v) is 16.3. The lowest BCUT2D eigenvalue weighted by Crippen LogP contribution is -2.33. The molecular formula is C18H13ClF4N4OS. The lowest BCUT2D eigenvalue weighted by atomic mass is 9.86. The van der Waals surface area contributed by atoms with Crippen LogP contribution in [0.15, 0.2) is 35.5 Å². The van der Waals surface area contributed by atoms with Gasteiger partial charge in [-0.3, -0.25) is 9.79 Å². The number of thioether (sulfide) groups is 1. The second-order valence-corrected chi connectivity index (χ2v) is 8.52. The summed E-state index contributed by atoms with van der Waals surface area (Å²) in [7, 11) is 0. The van der Waals surface area contributed by atoms with E-state index in [1.54, 1.807) is 0 Å². The lowest BCUT2D eigenvalue weighted by Gasteiger charge is -2.29. The van der Waals surface area contributed by atoms with Gasteiger partial charge in [-0.15, -0.1) is 0 Å². The van der Waals surface area contributed by atoms with Gasteiger partial charge >= 0.3 is 0 Å². The molecule has 0 bridgehead atoms. The van der Waals surface area contributed by atoms with Gasteiger partial charge in [0.2, 0.25) is 0 Å². The number of halogens is 5. The Morgan fingerprint density at radius 1 is 1.31 bits per heavy atom. The molecule has 1 saturated carbocycles. The van der Waals surface area contributed by atoms with E-state index in [2.05, 4.69) is 15.3 Å². The van der Waals surface area contributed by atoms with E-state index >= 15 is 0 Å². The molecule has 3 atom stereocenters. The Morgan fingerprint density at radius 3 is 2.69 bits per heavy atom. The average molecular weight is 445 g/mol. The molecular weight excluding hydrogens is 432 g/mol. The van der Waals surface area contributed by atoms with Crippen molar-refractivity contribution in [3.05, 3.63) is 58.4 Å². The van der Waals surface area contributed by atoms with Crippen LogP contribution in [0, 0.1) is 17.6 Å². The maximum Gasteiger partial charge on any atom is 0.274 e. The van der Waals surface area contributed by atoms with Crippen molar-refractivity contribution >= 4 is 40.1 Å². The van der Waals surface area contributed by atoms with E-state index in [1.807, 2.05) is 0 Å². The molecule has 5 nitrogen and oxygen atoms in total. The lowest BCUT2D eigenvalue weighted by molar-refractivity contribution is 0.0817. The predicted octanol–water partition coefficient (Wildman–Crippen LogP) is 4.18. The van der Waals surface area contributed by atoms with Crippen LogP contribution >= 0.6 is 23.4 Å². The van der Waals surface area contributed by atoms with Gasteiger partial charge < -0.3 is 11.1 Å². The van der Waals surface area contributed by atoms with Gasteiger partial charge in [0.05, 0.1) is 21.7 Å². The third kappa shape index (κ3) is 3.24. The van der Waals surface area contributed by atoms with E-state index in [9.17, 15) is 22.4 Å². The minimum Gasteiger partial charge on any atom is -0.379 e. The molecule has 1 fully saturated rings. The van der Waals surface area contributed by atoms with Crippen LogP contribution in [0.25, 0.3) is 0 Å². The first-order valence-electron chi connectivity index (χ1n) is 8.36. The molecule has 4 rings (SSSR count). The van der Waals surface area contributed by atoms with Crippen LogP contribution in [-0.4, -0.2) is 27.2 Å². The standard InChI is InChI=1S/C18H13ClF4N4OS/c1-17(13-14(18(13,22)23)29-16(24)27-17)9-4-8(5-10(20)12(9)21)26-15(28)11-3-2-7(19)6-25-11/h2-6,13-14H,1H3,(H2,24,27)(H,26,28)/t13-,14-,17-/m1/s1. The summed E-state index contributed by atoms with van der Waals surface area (Å²) in [6.07, 6.45) is 1.25. The maximum absolute atomic E-state index is 14.6. The normalized spacial score (nSPS) is 27.0. The molecule has 1 aliphatic carbocycles. The Kier molecular flexibility index (Phi) is 4.54. The van der Waals surface area contributed by atoms with Crippen molar-refractivity contribution in [2.24, 2.45) is 16.6 Å². The molecule has 2 aliphatic rings. The molecule has 1 amide bonds. The smallest absolute Gasteiger partial charge is 0.274 e. The largest absolute Gasteiger partial charge is 0.379 e. The minimum absolute atomic E-state index is 0.0167. The van der Waals surface area contributed by atoms with Crippen LogP contribution in [0.3, 0.4) is 0 Å². The monoisotopic (exact) mass is 444 g/mol. The van der Waals surface area contributed by atoms with Crippen LogP contribution in [0.2, 0.25) is 5.02 Å². The van der Waals surface area contributed by atoms with Gasteiger partial charge in [0.1, 0.15) is 5.69 Å². The molecule has 2 aromatic rings. The summed E-state index contributed by atoms with van der Waals surface area (Å²) in [5, 5.41) is 1.40. The fourth-order valence-electron chi connectivity index (χ4n) is 3.53. The molecule has 3 N–H and O–H groups in total. The van der Waals surface area contributed by atoms with Gasteiger partial charge in [-0.25, -0.2) is 22.5 Å². The van der Waals surface area contributed by atoms with Gasteiger partial charge in [0.25, 0.3) is 11.8 Å². The molecule has 0 radical (unpaired) electrons. The van der Waals surface area contributed by atoms with E-state index < -0.39 is 45.7 Å². The first kappa shape index (κ1) is 20.0. The SMILES string of the molecule is C[C@]1(c2cc(NC(=O)c3ccc(Cl)cn3)cc(F)c2F)N=C(N)S[C@@H]2[C@H]1C2(F)F. The number of aromatic nitrogens is 1. The Hall–Kier alpha value is -2.33. The van der Waals surface area contributed by atoms with Crippen molar-refractivity contribution in [2.45, 2.75) is 23.6 Å². The molecule has 0 saturated heterocycles. The van der Waals surface area contributed by atoms with Crippen molar-refractivity contribution < 1.29 is 22.4 Å². The number of fused-ring (bicyclic) bond motifs is 1. The highest BCUT2D eigenvalue weighted by Crippen LogP contribution is 2.67. The summed E-state index contributed by atoms with van der Waals surface area (Å²) in [5.41, 5.74) is 3.31. The highest BCUT2D eigenvalue weighted by Gasteiger charge is 2.77. The van der Waals surface area contributed by atoms with Crippen LogP contribution < -0.4 is 11.1 Å². The first-order chi connectivity index (χ1) is 13.5. The minimum atomic E-state index is -3.13. The second-order valence-electron chi connectivity index (χ2n) is 6.92. The molecule has 29 heavy (non-hydrogen) atoms. The van der Waals surface area contributed by atoms with E-state index in [-0.39, 0.29) is 16.5 Å². The number of anilines is 1. The number of carbonyl (C=O) groups excluding carboxylic acids is 1. The molecule has 1 aromatic carbocycles. The zero-order chi connectivity index (χ0) is 21.1. The van der Waals surface area contributed by atoms with Crippen LogP contribution in [0.4, 0.5) is 23.2 Å². The third-order valence-corrected chi connectivity index (χ3v) is 6.37. The predicted molar refractivity (Wildman–Crippen MR) is 102 cm³/mol. The number of hydrogen-bond acceptors (Lipinski definition) is 5. The Labute approximate surface area is 171 Å². The van der Waals surface area contributed by atoms with Crippen molar-refractivity contribution in [1.82, 2.24) is 4.98 Å². The summed E-state index contributed by atoms with van der Waals surface area (Å²) in [6.45, 7) is 1.28. The summed E-state index contributed by atoms with van der Waals surface area (Å²) in [4.78, 5) is 20.2. The first-order valence-corrected chi connectivity index (χ1v) is 9.62. The Bertz CT molecular complexity index is 1050. The van der Waals surface area contributed by atoms with Crippen molar-refractivity contribution in [3.8, 4) is 0 Å². The van der Waals surface area contributed by atoms with E-state index in [1.165, 1.54) is 25.3 Å². The summed E-state index contributed by atoms with van der Waals surface area (Å²) >= 11 is 6.43. The van der Waals surface area contributed by atoms with Crippen LogP contribution in [0.5, 0.6) is 0 Å². The van der Waals surface area contributed by atoms with E-state index in [0.29, 0.717) is 16.8 Å². The number of aliphatic imine (C=N–C) groups is 1. The number of nitrogens with one attached hydrogen (secondary N) is 1. The number of carbonyl (C=O) groups is 1. The van der Waals surface area contributed by atoms with Crippen LogP contribution in [0.1, 0.15) is 23.0 Å². The van der Waals surface area contributed by atoms with Gasteiger partial charge in [-0.05, 0) is 25.1 Å². The fourth-order valence-corrected chi connectivity index (χ4v) is 4.95. The Balaban J connectivity index is 1.72. The topological polar surface area (TPSA) is 80.4 Å². The van der Waals surface area contributed by atoms with Crippen LogP contribution in [-0.2, 0) is 5.54 Å². The number of benzene rings is 1. The number of nitrogens with two attached hydrogens (primary N) is 1. The summed E-state index contributed by atoms with van der Waals surface area (Å²) in [6, 6.07) is 4.62. The van der Waals surface area contributed by atoms with Gasteiger partial charge in [0, 0.05) is 23.5 Å². The molecule has 0 spiro atoms. The quantitative estimate of drug-likeness (QED) is 0.696. The number of alkyl halides is 2. The maximum atomic E-state index is 14.6. The number of amides is 1. The summed E-state index contributed by atoms with van der Waals surface area (Å²) < 4.78 is 57.3. The molecule has 152 valence electrons.